The molecule has 1 aromatic heterocycles. The SMILES string of the molecule is CC[C@H](C)[C@@H]1NC(=O)[C@H](Cc2ccc(O)cc2)NC(=O)CCC(O)NC[C@@H](C(=O)N2CCC[C@H]2C(=O)N[C@@H](Cc2cnc[nH]2)C(=O)NCC(N)=O)NC(=O)[C@H](CC(N)=O)NC(=O)[C@H](CCC(N)=O)NC1=O. The monoisotopic (exact) mass is 996 g/mol. The summed E-state index contributed by atoms with van der Waals surface area (Å²) >= 11 is 0. The van der Waals surface area contributed by atoms with E-state index in [9.17, 15) is 63.0 Å². The van der Waals surface area contributed by atoms with E-state index in [1.54, 1.807) is 13.8 Å². The molecule has 9 atom stereocenters. The van der Waals surface area contributed by atoms with Gasteiger partial charge in [0.2, 0.25) is 65.0 Å². The Labute approximate surface area is 407 Å². The number of phenolic OH excluding ortho intramolecular Hbond substituents is 1. The number of carbonyl (C=O) groups is 11. The van der Waals surface area contributed by atoms with E-state index in [0.717, 1.165) is 4.90 Å². The molecule has 0 spiro atoms. The number of nitrogens with two attached hydrogens (primary N) is 3. The van der Waals surface area contributed by atoms with Gasteiger partial charge in [-0.2, -0.15) is 0 Å². The van der Waals surface area contributed by atoms with Gasteiger partial charge in [-0.05, 0) is 49.3 Å². The number of primary amides is 3. The number of hydrogen-bond donors (Lipinski definition) is 14. The standard InChI is InChI=1S/C44H64N14O13/c1-3-22(2)37-43(70)53-26(10-11-32(45)60)39(66)54-29(17-33(46)61)40(67)56-30(19-49-35(63)12-13-36(64)52-27(41(68)57-37)15-23-6-8-25(59)9-7-23)44(71)58-14-4-5-31(58)42(69)55-28(16-24-18-48-21-51-24)38(65)50-20-34(47)62/h6-9,18,21-22,26-31,35,37,49,59,63H,3-5,10-17,19-20H2,1-2H3,(H2,45,60)(H2,46,61)(H2,47,62)(H,48,51)(H,50,65)(H,52,64)(H,53,70)(H,54,66)(H,55,69)(H,56,67)(H,57,68)/t22-,26-,27-,28-,29-,30-,31-,35?,37-/m0/s1. The Kier molecular flexibility index (Phi) is 21.2. The number of aliphatic hydroxyl groups excluding tert-OH is 1. The van der Waals surface area contributed by atoms with Gasteiger partial charge < -0.3 is 74.5 Å². The Bertz CT molecular complexity index is 2250. The van der Waals surface area contributed by atoms with Crippen LogP contribution in [-0.4, -0.2) is 158 Å². The van der Waals surface area contributed by atoms with Crippen LogP contribution in [0, 0.1) is 5.92 Å². The molecule has 2 aliphatic rings. The first-order valence-electron chi connectivity index (χ1n) is 23.1. The number of rotatable bonds is 17. The number of benzene rings is 1. The van der Waals surface area contributed by atoms with Gasteiger partial charge in [0.05, 0.1) is 19.3 Å². The second-order valence-corrected chi connectivity index (χ2v) is 17.4. The van der Waals surface area contributed by atoms with Gasteiger partial charge in [0.15, 0.2) is 0 Å². The van der Waals surface area contributed by atoms with Crippen molar-refractivity contribution in [2.45, 2.75) is 127 Å². The normalized spacial score (nSPS) is 23.8. The molecule has 2 aliphatic heterocycles. The van der Waals surface area contributed by atoms with E-state index in [-0.39, 0.29) is 44.4 Å². The molecule has 17 N–H and O–H groups in total. The van der Waals surface area contributed by atoms with E-state index in [0.29, 0.717) is 17.7 Å². The first kappa shape index (κ1) is 55.9. The van der Waals surface area contributed by atoms with Crippen molar-refractivity contribution in [1.29, 1.82) is 0 Å². The molecule has 3 heterocycles. The van der Waals surface area contributed by atoms with E-state index in [1.807, 2.05) is 0 Å². The van der Waals surface area contributed by atoms with Gasteiger partial charge >= 0.3 is 0 Å². The van der Waals surface area contributed by atoms with Crippen LogP contribution in [0.3, 0.4) is 0 Å². The lowest BCUT2D eigenvalue weighted by Gasteiger charge is -2.31. The smallest absolute Gasteiger partial charge is 0.247 e. The molecule has 71 heavy (non-hydrogen) atoms. The fourth-order valence-corrected chi connectivity index (χ4v) is 7.79. The predicted octanol–water partition coefficient (Wildman–Crippen LogP) is -5.71. The first-order chi connectivity index (χ1) is 33.6. The number of aliphatic hydroxyl groups is 1. The zero-order valence-corrected chi connectivity index (χ0v) is 39.4. The number of phenols is 1. The summed E-state index contributed by atoms with van der Waals surface area (Å²) in [6, 6.07) is -4.51. The predicted molar refractivity (Wildman–Crippen MR) is 248 cm³/mol. The Hall–Kier alpha value is -7.68. The number of aromatic amines is 1. The Balaban J connectivity index is 1.69. The highest BCUT2D eigenvalue weighted by Gasteiger charge is 2.41. The summed E-state index contributed by atoms with van der Waals surface area (Å²) in [6.45, 7) is 2.22. The van der Waals surface area contributed by atoms with E-state index in [4.69, 9.17) is 17.2 Å². The van der Waals surface area contributed by atoms with E-state index < -0.39 is 158 Å². The molecule has 2 saturated heterocycles. The second kappa shape index (κ2) is 26.9. The highest BCUT2D eigenvalue weighted by molar-refractivity contribution is 5.99. The fraction of sp³-hybridized carbons (Fsp3) is 0.545. The number of H-pyrrole nitrogens is 1. The van der Waals surface area contributed by atoms with Crippen LogP contribution in [-0.2, 0) is 65.6 Å². The molecule has 388 valence electrons. The number of nitrogens with zero attached hydrogens (tertiary/aromatic N) is 2. The number of aromatic nitrogens is 2. The third-order valence-electron chi connectivity index (χ3n) is 11.9. The highest BCUT2D eigenvalue weighted by Crippen LogP contribution is 2.20. The van der Waals surface area contributed by atoms with Gasteiger partial charge in [0.1, 0.15) is 54.3 Å². The molecule has 0 radical (unpaired) electrons. The topological polar surface area (TPSA) is 434 Å². The summed E-state index contributed by atoms with van der Waals surface area (Å²) in [6.07, 6.45) is -0.776. The zero-order chi connectivity index (χ0) is 52.4. The number of nitrogens with one attached hydrogen (secondary N) is 9. The second-order valence-electron chi connectivity index (χ2n) is 17.4. The maximum Gasteiger partial charge on any atom is 0.247 e. The minimum atomic E-state index is -1.83. The quantitative estimate of drug-likeness (QED) is 0.0703. The lowest BCUT2D eigenvalue weighted by Crippen LogP contribution is -2.62. The van der Waals surface area contributed by atoms with E-state index in [1.165, 1.54) is 36.8 Å². The maximum atomic E-state index is 14.5. The molecule has 11 amide bonds. The first-order valence-corrected chi connectivity index (χ1v) is 23.1. The number of hydrogen-bond acceptors (Lipinski definition) is 15. The van der Waals surface area contributed by atoms with Gasteiger partial charge in [0, 0.05) is 50.7 Å². The number of likely N-dealkylation sites (tertiary alicyclic amines) is 1. The van der Waals surface area contributed by atoms with Crippen LogP contribution in [0.15, 0.2) is 36.8 Å². The van der Waals surface area contributed by atoms with Gasteiger partial charge in [0.25, 0.3) is 0 Å². The molecule has 1 unspecified atom stereocenters. The third-order valence-corrected chi connectivity index (χ3v) is 11.9. The summed E-state index contributed by atoms with van der Waals surface area (Å²) in [5.74, 6) is -10.6. The van der Waals surface area contributed by atoms with Crippen molar-refractivity contribution in [2.24, 2.45) is 23.1 Å². The van der Waals surface area contributed by atoms with Crippen LogP contribution in [0.25, 0.3) is 0 Å². The van der Waals surface area contributed by atoms with Gasteiger partial charge in [-0.3, -0.25) is 58.1 Å². The lowest BCUT2D eigenvalue weighted by atomic mass is 9.96. The van der Waals surface area contributed by atoms with Crippen LogP contribution in [0.5, 0.6) is 5.75 Å². The minimum Gasteiger partial charge on any atom is -0.508 e. The molecular weight excluding hydrogens is 933 g/mol. The average molecular weight is 997 g/mol. The molecular formula is C44H64N14O13. The Morgan fingerprint density at radius 1 is 0.845 bits per heavy atom. The number of imidazole rings is 1. The van der Waals surface area contributed by atoms with Crippen LogP contribution in [0.2, 0.25) is 0 Å². The number of aromatic hydroxyl groups is 1. The fourth-order valence-electron chi connectivity index (χ4n) is 7.79. The molecule has 0 aliphatic carbocycles. The van der Waals surface area contributed by atoms with Crippen molar-refractivity contribution in [3.05, 3.63) is 48.0 Å². The molecule has 0 saturated carbocycles. The Morgan fingerprint density at radius 3 is 2.15 bits per heavy atom. The minimum absolute atomic E-state index is 0.0374. The lowest BCUT2D eigenvalue weighted by molar-refractivity contribution is -0.142. The summed E-state index contributed by atoms with van der Waals surface area (Å²) in [5, 5.41) is 41.1. The summed E-state index contributed by atoms with van der Waals surface area (Å²) < 4.78 is 0. The van der Waals surface area contributed by atoms with Crippen molar-refractivity contribution in [3.63, 3.8) is 0 Å². The Morgan fingerprint density at radius 2 is 1.52 bits per heavy atom. The van der Waals surface area contributed by atoms with Crippen LogP contribution in [0.4, 0.5) is 0 Å². The summed E-state index contributed by atoms with van der Waals surface area (Å²) in [5.41, 5.74) is 17.0. The van der Waals surface area contributed by atoms with Crippen LogP contribution in [0.1, 0.15) is 76.5 Å². The molecule has 27 nitrogen and oxygen atoms in total. The van der Waals surface area contributed by atoms with Crippen molar-refractivity contribution in [1.82, 2.24) is 57.4 Å². The van der Waals surface area contributed by atoms with Crippen molar-refractivity contribution in [3.8, 4) is 5.75 Å². The molecule has 1 aromatic carbocycles. The largest absolute Gasteiger partial charge is 0.508 e. The zero-order valence-electron chi connectivity index (χ0n) is 39.4. The van der Waals surface area contributed by atoms with Crippen molar-refractivity contribution < 1.29 is 63.0 Å². The van der Waals surface area contributed by atoms with Gasteiger partial charge in [-0.1, -0.05) is 32.4 Å². The van der Waals surface area contributed by atoms with Crippen LogP contribution >= 0.6 is 0 Å². The average Bonchev–Trinajstić information content (AvgIpc) is 4.04. The van der Waals surface area contributed by atoms with Crippen molar-refractivity contribution in [2.75, 3.05) is 19.6 Å². The molecule has 27 heteroatoms. The molecule has 0 bridgehead atoms. The van der Waals surface area contributed by atoms with Crippen LogP contribution < -0.4 is 59.7 Å². The van der Waals surface area contributed by atoms with Gasteiger partial charge in [-0.25, -0.2) is 4.98 Å². The molecule has 2 aromatic rings. The van der Waals surface area contributed by atoms with E-state index in [2.05, 4.69) is 52.5 Å². The maximum absolute atomic E-state index is 14.5. The number of amides is 11. The summed E-state index contributed by atoms with van der Waals surface area (Å²) in [7, 11) is 0. The molecule has 2 fully saturated rings. The molecule has 4 rings (SSSR count). The van der Waals surface area contributed by atoms with Crippen molar-refractivity contribution >= 4 is 65.0 Å². The number of carbonyl (C=O) groups excluding carboxylic acids is 11. The van der Waals surface area contributed by atoms with E-state index >= 15 is 0 Å². The summed E-state index contributed by atoms with van der Waals surface area (Å²) in [4.78, 5) is 155. The third kappa shape index (κ3) is 17.7. The van der Waals surface area contributed by atoms with Gasteiger partial charge in [-0.15, -0.1) is 0 Å². The highest BCUT2D eigenvalue weighted by atomic mass is 16.3.